The van der Waals surface area contributed by atoms with Crippen molar-refractivity contribution in [2.24, 2.45) is 5.92 Å². The van der Waals surface area contributed by atoms with Crippen molar-refractivity contribution in [1.29, 1.82) is 0 Å². The zero-order valence-electron chi connectivity index (χ0n) is 21.8. The Balaban J connectivity index is 1.46. The molecule has 2 N–H and O–H groups in total. The average Bonchev–Trinajstić information content (AvgIpc) is 3.62. The molecule has 0 bridgehead atoms. The normalized spacial score (nSPS) is 18.8. The lowest BCUT2D eigenvalue weighted by atomic mass is 9.91. The third-order valence-corrected chi connectivity index (χ3v) is 7.55. The van der Waals surface area contributed by atoms with Gasteiger partial charge in [-0.3, -0.25) is 14.4 Å². The summed E-state index contributed by atoms with van der Waals surface area (Å²) in [5, 5.41) is 18.2. The van der Waals surface area contributed by atoms with Gasteiger partial charge in [-0.25, -0.2) is 4.98 Å². The Morgan fingerprint density at radius 1 is 1.29 bits per heavy atom. The zero-order valence-corrected chi connectivity index (χ0v) is 22.6. The van der Waals surface area contributed by atoms with Gasteiger partial charge in [-0.1, -0.05) is 38.1 Å². The van der Waals surface area contributed by atoms with Gasteiger partial charge in [-0.05, 0) is 36.0 Å². The smallest absolute Gasteiger partial charge is 0.254 e. The SMILES string of the molecule is Cc1ncc(-c2ccc([C@H](C)NC(=O)[C@@H]3C[C@@H](O)CN3C(=O)C(c3cc(OCC=O)no3)C(C)C)cc2)s1. The van der Waals surface area contributed by atoms with Crippen molar-refractivity contribution < 1.29 is 28.8 Å². The third-order valence-electron chi connectivity index (χ3n) is 6.59. The predicted octanol–water partition coefficient (Wildman–Crippen LogP) is 3.26. The standard InChI is InChI=1S/C27H32N4O6S/c1-15(2)25(22-12-24(30-37-22)36-10-9-32)27(35)31-14-20(33)11-21(31)26(34)29-16(3)18-5-7-19(8-6-18)23-13-28-17(4)38-23/h5-9,12-13,15-16,20-21,25,33H,10-11,14H2,1-4H3,(H,29,34)/t16-,20+,21-,25?/m0/s1. The van der Waals surface area contributed by atoms with E-state index in [1.165, 1.54) is 11.0 Å². The number of carbonyl (C=O) groups excluding carboxylic acids is 3. The van der Waals surface area contributed by atoms with Crippen LogP contribution < -0.4 is 10.1 Å². The van der Waals surface area contributed by atoms with Crippen LogP contribution in [0.15, 0.2) is 41.1 Å². The molecule has 3 aromatic rings. The molecule has 0 aliphatic carbocycles. The van der Waals surface area contributed by atoms with Crippen LogP contribution in [0.25, 0.3) is 10.4 Å². The van der Waals surface area contributed by atoms with Gasteiger partial charge in [0.25, 0.3) is 5.88 Å². The Morgan fingerprint density at radius 2 is 2.03 bits per heavy atom. The van der Waals surface area contributed by atoms with Gasteiger partial charge in [0.15, 0.2) is 12.0 Å². The summed E-state index contributed by atoms with van der Waals surface area (Å²) >= 11 is 1.62. The lowest BCUT2D eigenvalue weighted by Gasteiger charge is -2.29. The van der Waals surface area contributed by atoms with Crippen LogP contribution in [0.3, 0.4) is 0 Å². The lowest BCUT2D eigenvalue weighted by Crippen LogP contribution is -2.48. The van der Waals surface area contributed by atoms with Gasteiger partial charge in [0.05, 0.1) is 22.0 Å². The number of likely N-dealkylation sites (tertiary alicyclic amines) is 1. The molecule has 0 saturated carbocycles. The van der Waals surface area contributed by atoms with Crippen molar-refractivity contribution in [3.05, 3.63) is 52.9 Å². The summed E-state index contributed by atoms with van der Waals surface area (Å²) < 4.78 is 10.5. The van der Waals surface area contributed by atoms with Crippen LogP contribution in [-0.4, -0.2) is 63.5 Å². The number of aldehydes is 1. The van der Waals surface area contributed by atoms with E-state index in [1.807, 2.05) is 58.2 Å². The second-order valence-corrected chi connectivity index (χ2v) is 11.0. The van der Waals surface area contributed by atoms with Gasteiger partial charge in [0.1, 0.15) is 18.6 Å². The number of ether oxygens (including phenoxy) is 1. The van der Waals surface area contributed by atoms with Crippen molar-refractivity contribution in [2.75, 3.05) is 13.2 Å². The molecule has 0 radical (unpaired) electrons. The molecule has 10 nitrogen and oxygen atoms in total. The number of aromatic nitrogens is 2. The summed E-state index contributed by atoms with van der Waals surface area (Å²) in [6.45, 7) is 7.42. The molecule has 1 fully saturated rings. The topological polar surface area (TPSA) is 135 Å². The Kier molecular flexibility index (Phi) is 8.58. The van der Waals surface area contributed by atoms with Crippen LogP contribution in [0.4, 0.5) is 0 Å². The Bertz CT molecular complexity index is 1270. The number of thiazole rings is 1. The molecule has 38 heavy (non-hydrogen) atoms. The number of benzene rings is 1. The van der Waals surface area contributed by atoms with Crippen LogP contribution in [0.5, 0.6) is 5.88 Å². The van der Waals surface area contributed by atoms with Crippen LogP contribution in [-0.2, 0) is 14.4 Å². The number of carbonyl (C=O) groups is 3. The molecule has 1 aromatic carbocycles. The fraction of sp³-hybridized carbons (Fsp3) is 0.444. The summed E-state index contributed by atoms with van der Waals surface area (Å²) in [6.07, 6.45) is 1.76. The first kappa shape index (κ1) is 27.5. The number of rotatable bonds is 10. The molecule has 0 spiro atoms. The third kappa shape index (κ3) is 6.11. The van der Waals surface area contributed by atoms with Crippen LogP contribution in [0, 0.1) is 12.8 Å². The number of nitrogens with one attached hydrogen (secondary N) is 1. The molecule has 1 saturated heterocycles. The number of nitrogens with zero attached hydrogens (tertiary/aromatic N) is 3. The zero-order chi connectivity index (χ0) is 27.4. The molecule has 202 valence electrons. The number of β-amino-alcohol motifs (C(OH)–C–C–N with tert-alkyl or cyclic N) is 1. The van der Waals surface area contributed by atoms with Crippen molar-refractivity contribution in [3.8, 4) is 16.3 Å². The first-order valence-electron chi connectivity index (χ1n) is 12.5. The minimum atomic E-state index is -0.825. The van der Waals surface area contributed by atoms with E-state index in [2.05, 4.69) is 15.5 Å². The second-order valence-electron chi connectivity index (χ2n) is 9.76. The number of aliphatic hydroxyl groups excluding tert-OH is 1. The maximum Gasteiger partial charge on any atom is 0.254 e. The highest BCUT2D eigenvalue weighted by molar-refractivity contribution is 7.15. The summed E-state index contributed by atoms with van der Waals surface area (Å²) in [5.41, 5.74) is 1.98. The van der Waals surface area contributed by atoms with Crippen LogP contribution in [0.1, 0.15) is 55.5 Å². The fourth-order valence-electron chi connectivity index (χ4n) is 4.65. The second kappa shape index (κ2) is 11.9. The molecule has 2 aromatic heterocycles. The molecule has 1 aliphatic rings. The van der Waals surface area contributed by atoms with Crippen molar-refractivity contribution in [2.45, 2.75) is 58.2 Å². The molecule has 2 amide bonds. The Hall–Kier alpha value is -3.57. The number of aliphatic hydroxyl groups is 1. The van der Waals surface area contributed by atoms with Gasteiger partial charge in [-0.15, -0.1) is 11.3 Å². The van der Waals surface area contributed by atoms with Crippen LogP contribution >= 0.6 is 11.3 Å². The van der Waals surface area contributed by atoms with Crippen molar-refractivity contribution in [1.82, 2.24) is 20.4 Å². The minimum absolute atomic E-state index is 0.0418. The Labute approximate surface area is 225 Å². The average molecular weight is 541 g/mol. The molecule has 11 heteroatoms. The molecule has 3 heterocycles. The van der Waals surface area contributed by atoms with Crippen molar-refractivity contribution in [3.63, 3.8) is 0 Å². The highest BCUT2D eigenvalue weighted by Gasteiger charge is 2.43. The van der Waals surface area contributed by atoms with Crippen LogP contribution in [0.2, 0.25) is 0 Å². The maximum absolute atomic E-state index is 13.6. The molecule has 1 aliphatic heterocycles. The van der Waals surface area contributed by atoms with E-state index < -0.39 is 18.1 Å². The summed E-state index contributed by atoms with van der Waals surface area (Å²) in [6, 6.07) is 8.27. The summed E-state index contributed by atoms with van der Waals surface area (Å²) in [5.74, 6) is -1.22. The van der Waals surface area contributed by atoms with Gasteiger partial charge in [0, 0.05) is 25.2 Å². The first-order valence-corrected chi connectivity index (χ1v) is 13.3. The monoisotopic (exact) mass is 540 g/mol. The number of hydrogen-bond donors (Lipinski definition) is 2. The molecule has 4 rings (SSSR count). The maximum atomic E-state index is 13.6. The van der Waals surface area contributed by atoms with E-state index >= 15 is 0 Å². The van der Waals surface area contributed by atoms with Gasteiger partial charge in [0.2, 0.25) is 11.8 Å². The van der Waals surface area contributed by atoms with E-state index in [1.54, 1.807) is 11.3 Å². The van der Waals surface area contributed by atoms with E-state index in [-0.39, 0.29) is 55.0 Å². The summed E-state index contributed by atoms with van der Waals surface area (Å²) in [7, 11) is 0. The van der Waals surface area contributed by atoms with Gasteiger partial charge >= 0.3 is 0 Å². The Morgan fingerprint density at radius 3 is 2.66 bits per heavy atom. The number of aryl methyl sites for hydroxylation is 1. The fourth-order valence-corrected chi connectivity index (χ4v) is 5.43. The summed E-state index contributed by atoms with van der Waals surface area (Å²) in [4.78, 5) is 44.3. The largest absolute Gasteiger partial charge is 0.468 e. The molecular formula is C27H32N4O6S. The van der Waals surface area contributed by atoms with Gasteiger partial charge in [-0.2, -0.15) is 0 Å². The van der Waals surface area contributed by atoms with Crippen molar-refractivity contribution >= 4 is 29.4 Å². The molecule has 1 unspecified atom stereocenters. The van der Waals surface area contributed by atoms with E-state index in [0.717, 1.165) is 21.0 Å². The molecular weight excluding hydrogens is 508 g/mol. The molecule has 4 atom stereocenters. The highest BCUT2D eigenvalue weighted by Crippen LogP contribution is 2.33. The lowest BCUT2D eigenvalue weighted by molar-refractivity contribution is -0.141. The van der Waals surface area contributed by atoms with Gasteiger partial charge < -0.3 is 24.6 Å². The van der Waals surface area contributed by atoms with E-state index in [4.69, 9.17) is 9.26 Å². The van der Waals surface area contributed by atoms with E-state index in [9.17, 15) is 19.5 Å². The number of hydrogen-bond acceptors (Lipinski definition) is 9. The predicted molar refractivity (Wildman–Crippen MR) is 141 cm³/mol. The van der Waals surface area contributed by atoms with E-state index in [0.29, 0.717) is 6.29 Å². The quantitative estimate of drug-likeness (QED) is 0.374. The highest BCUT2D eigenvalue weighted by atomic mass is 32.1. The first-order chi connectivity index (χ1) is 18.2. The number of amides is 2. The minimum Gasteiger partial charge on any atom is -0.468 e.